The van der Waals surface area contributed by atoms with Crippen LogP contribution in [0.15, 0.2) is 27.1 Å². The number of aromatic nitrogens is 1. The van der Waals surface area contributed by atoms with Gasteiger partial charge in [-0.05, 0) is 24.6 Å². The average Bonchev–Trinajstić information content (AvgIpc) is 2.77. The van der Waals surface area contributed by atoms with Gasteiger partial charge in [0.25, 0.3) is 0 Å². The molecular formula is C15H16BrNO3. The van der Waals surface area contributed by atoms with E-state index in [1.807, 2.05) is 45.9 Å². The molecule has 0 unspecified atom stereocenters. The van der Waals surface area contributed by atoms with Gasteiger partial charge in [-0.25, -0.2) is 9.78 Å². The SMILES string of the molecule is Cc1ccc(-c2nc(C(C)(C)C)c(C(=O)O)o2)cc1Br. The molecule has 0 saturated heterocycles. The van der Waals surface area contributed by atoms with Gasteiger partial charge in [0.15, 0.2) is 0 Å². The lowest BCUT2D eigenvalue weighted by molar-refractivity contribution is 0.0659. The first-order chi connectivity index (χ1) is 9.20. The van der Waals surface area contributed by atoms with E-state index in [-0.39, 0.29) is 5.76 Å². The molecule has 106 valence electrons. The lowest BCUT2D eigenvalue weighted by Crippen LogP contribution is -2.16. The third kappa shape index (κ3) is 2.77. The van der Waals surface area contributed by atoms with E-state index < -0.39 is 11.4 Å². The van der Waals surface area contributed by atoms with E-state index in [1.54, 1.807) is 0 Å². The van der Waals surface area contributed by atoms with Gasteiger partial charge < -0.3 is 9.52 Å². The van der Waals surface area contributed by atoms with Crippen LogP contribution in [-0.2, 0) is 5.41 Å². The van der Waals surface area contributed by atoms with Gasteiger partial charge in [0.1, 0.15) is 5.69 Å². The Bertz CT molecular complexity index is 668. The second kappa shape index (κ2) is 5.05. The second-order valence-electron chi connectivity index (χ2n) is 5.72. The number of benzene rings is 1. The van der Waals surface area contributed by atoms with Crippen molar-refractivity contribution in [2.75, 3.05) is 0 Å². The third-order valence-electron chi connectivity index (χ3n) is 2.95. The van der Waals surface area contributed by atoms with E-state index in [0.29, 0.717) is 11.6 Å². The Morgan fingerprint density at radius 3 is 2.45 bits per heavy atom. The van der Waals surface area contributed by atoms with E-state index in [0.717, 1.165) is 15.6 Å². The summed E-state index contributed by atoms with van der Waals surface area (Å²) in [6.45, 7) is 7.71. The molecule has 2 rings (SSSR count). The maximum atomic E-state index is 11.3. The highest BCUT2D eigenvalue weighted by Gasteiger charge is 2.29. The van der Waals surface area contributed by atoms with Crippen LogP contribution in [0.2, 0.25) is 0 Å². The van der Waals surface area contributed by atoms with E-state index in [1.165, 1.54) is 0 Å². The van der Waals surface area contributed by atoms with Gasteiger partial charge in [-0.1, -0.05) is 42.8 Å². The highest BCUT2D eigenvalue weighted by molar-refractivity contribution is 9.10. The van der Waals surface area contributed by atoms with E-state index >= 15 is 0 Å². The number of aryl methyl sites for hydroxylation is 1. The maximum absolute atomic E-state index is 11.3. The molecule has 20 heavy (non-hydrogen) atoms. The predicted octanol–water partition coefficient (Wildman–Crippen LogP) is 4.41. The fourth-order valence-electron chi connectivity index (χ4n) is 1.82. The Hall–Kier alpha value is -1.62. The Balaban J connectivity index is 2.58. The molecule has 0 aliphatic heterocycles. The number of hydrogen-bond acceptors (Lipinski definition) is 3. The molecule has 0 bridgehead atoms. The zero-order chi connectivity index (χ0) is 15.1. The van der Waals surface area contributed by atoms with Gasteiger partial charge in [-0.15, -0.1) is 0 Å². The van der Waals surface area contributed by atoms with Crippen molar-refractivity contribution in [1.29, 1.82) is 0 Å². The molecule has 1 aromatic carbocycles. The second-order valence-corrected chi connectivity index (χ2v) is 6.57. The van der Waals surface area contributed by atoms with Crippen LogP contribution in [0.3, 0.4) is 0 Å². The molecular weight excluding hydrogens is 322 g/mol. The molecule has 0 aliphatic rings. The number of oxazole rings is 1. The van der Waals surface area contributed by atoms with Crippen LogP contribution in [0.5, 0.6) is 0 Å². The standard InChI is InChI=1S/C15H16BrNO3/c1-8-5-6-9(7-10(8)16)13-17-12(15(2,3)4)11(20-13)14(18)19/h5-7H,1-4H3,(H,18,19). The van der Waals surface area contributed by atoms with Crippen molar-refractivity contribution in [3.8, 4) is 11.5 Å². The summed E-state index contributed by atoms with van der Waals surface area (Å²) in [5.41, 5.74) is 1.91. The summed E-state index contributed by atoms with van der Waals surface area (Å²) in [4.78, 5) is 15.7. The van der Waals surface area contributed by atoms with Crippen molar-refractivity contribution in [2.24, 2.45) is 0 Å². The molecule has 0 atom stereocenters. The number of hydrogen-bond donors (Lipinski definition) is 1. The van der Waals surface area contributed by atoms with Crippen LogP contribution in [0.25, 0.3) is 11.5 Å². The normalized spacial score (nSPS) is 11.7. The molecule has 0 radical (unpaired) electrons. The summed E-state index contributed by atoms with van der Waals surface area (Å²) in [6.07, 6.45) is 0. The number of aromatic carboxylic acids is 1. The molecule has 2 aromatic rings. The first kappa shape index (κ1) is 14.8. The first-order valence-corrected chi connectivity index (χ1v) is 7.00. The van der Waals surface area contributed by atoms with Crippen molar-refractivity contribution >= 4 is 21.9 Å². The van der Waals surface area contributed by atoms with Crippen molar-refractivity contribution in [3.63, 3.8) is 0 Å². The van der Waals surface area contributed by atoms with Crippen LogP contribution in [0.1, 0.15) is 42.6 Å². The minimum atomic E-state index is -1.10. The molecule has 0 spiro atoms. The Morgan fingerprint density at radius 2 is 2.00 bits per heavy atom. The molecule has 0 saturated carbocycles. The van der Waals surface area contributed by atoms with E-state index in [2.05, 4.69) is 20.9 Å². The zero-order valence-electron chi connectivity index (χ0n) is 11.8. The summed E-state index contributed by atoms with van der Waals surface area (Å²) >= 11 is 3.45. The summed E-state index contributed by atoms with van der Waals surface area (Å²) < 4.78 is 6.38. The first-order valence-electron chi connectivity index (χ1n) is 6.21. The fourth-order valence-corrected chi connectivity index (χ4v) is 2.20. The van der Waals surface area contributed by atoms with Crippen LogP contribution in [0.4, 0.5) is 0 Å². The molecule has 1 N–H and O–H groups in total. The fraction of sp³-hybridized carbons (Fsp3) is 0.333. The van der Waals surface area contributed by atoms with Gasteiger partial charge in [0, 0.05) is 15.5 Å². The van der Waals surface area contributed by atoms with Crippen LogP contribution < -0.4 is 0 Å². The predicted molar refractivity (Wildman–Crippen MR) is 80.0 cm³/mol. The average molecular weight is 338 g/mol. The van der Waals surface area contributed by atoms with Crippen molar-refractivity contribution in [3.05, 3.63) is 39.7 Å². The Labute approximate surface area is 126 Å². The van der Waals surface area contributed by atoms with E-state index in [9.17, 15) is 9.90 Å². The van der Waals surface area contributed by atoms with Gasteiger partial charge >= 0.3 is 5.97 Å². The largest absolute Gasteiger partial charge is 0.475 e. The van der Waals surface area contributed by atoms with E-state index in [4.69, 9.17) is 4.42 Å². The van der Waals surface area contributed by atoms with Crippen LogP contribution in [-0.4, -0.2) is 16.1 Å². The number of carboxylic acids is 1. The monoisotopic (exact) mass is 337 g/mol. The zero-order valence-corrected chi connectivity index (χ0v) is 13.4. The number of rotatable bonds is 2. The summed E-state index contributed by atoms with van der Waals surface area (Å²) in [6, 6.07) is 5.67. The van der Waals surface area contributed by atoms with Gasteiger partial charge in [-0.3, -0.25) is 0 Å². The highest BCUT2D eigenvalue weighted by Crippen LogP contribution is 2.31. The minimum Gasteiger partial charge on any atom is -0.475 e. The Morgan fingerprint density at radius 1 is 1.35 bits per heavy atom. The maximum Gasteiger partial charge on any atom is 0.373 e. The summed E-state index contributed by atoms with van der Waals surface area (Å²) in [5, 5.41) is 9.24. The highest BCUT2D eigenvalue weighted by atomic mass is 79.9. The number of carboxylic acid groups (broad SMARTS) is 1. The number of halogens is 1. The van der Waals surface area contributed by atoms with Crippen molar-refractivity contribution < 1.29 is 14.3 Å². The minimum absolute atomic E-state index is 0.0933. The molecule has 0 fully saturated rings. The summed E-state index contributed by atoms with van der Waals surface area (Å²) in [7, 11) is 0. The molecule has 0 aliphatic carbocycles. The molecule has 1 aromatic heterocycles. The smallest absolute Gasteiger partial charge is 0.373 e. The molecule has 5 heteroatoms. The van der Waals surface area contributed by atoms with Crippen LogP contribution in [0, 0.1) is 6.92 Å². The van der Waals surface area contributed by atoms with Gasteiger partial charge in [0.2, 0.25) is 11.7 Å². The van der Waals surface area contributed by atoms with Gasteiger partial charge in [-0.2, -0.15) is 0 Å². The lowest BCUT2D eigenvalue weighted by Gasteiger charge is -2.14. The lowest BCUT2D eigenvalue weighted by atomic mass is 9.91. The number of nitrogens with zero attached hydrogens (tertiary/aromatic N) is 1. The molecule has 4 nitrogen and oxygen atoms in total. The molecule has 1 heterocycles. The topological polar surface area (TPSA) is 63.3 Å². The number of carbonyl (C=O) groups is 1. The Kier molecular flexibility index (Phi) is 3.73. The summed E-state index contributed by atoms with van der Waals surface area (Å²) in [5.74, 6) is -0.864. The van der Waals surface area contributed by atoms with Crippen molar-refractivity contribution in [1.82, 2.24) is 4.98 Å². The quantitative estimate of drug-likeness (QED) is 0.881. The third-order valence-corrected chi connectivity index (χ3v) is 3.80. The van der Waals surface area contributed by atoms with Crippen molar-refractivity contribution in [2.45, 2.75) is 33.1 Å². The van der Waals surface area contributed by atoms with Crippen LogP contribution >= 0.6 is 15.9 Å². The van der Waals surface area contributed by atoms with Gasteiger partial charge in [0.05, 0.1) is 0 Å². The molecule has 0 amide bonds.